The van der Waals surface area contributed by atoms with E-state index in [4.69, 9.17) is 9.73 Å². The monoisotopic (exact) mass is 449 g/mol. The highest BCUT2D eigenvalue weighted by atomic mass is 127. The molecule has 0 aromatic heterocycles. The molecule has 1 aliphatic heterocycles. The van der Waals surface area contributed by atoms with Crippen LogP contribution in [-0.4, -0.2) is 38.3 Å². The predicted molar refractivity (Wildman–Crippen MR) is 113 cm³/mol. The fourth-order valence-corrected chi connectivity index (χ4v) is 3.62. The number of ether oxygens (including phenoxy) is 1. The summed E-state index contributed by atoms with van der Waals surface area (Å²) in [6.07, 6.45) is 12.4. The molecule has 2 N–H and O–H groups in total. The molecule has 1 saturated carbocycles. The number of rotatable bonds is 7. The molecule has 1 aliphatic carbocycles. The van der Waals surface area contributed by atoms with Crippen molar-refractivity contribution in [2.75, 3.05) is 26.3 Å². The molecule has 140 valence electrons. The minimum Gasteiger partial charge on any atom is -0.377 e. The smallest absolute Gasteiger partial charge is 0.191 e. The van der Waals surface area contributed by atoms with Crippen molar-refractivity contribution in [1.82, 2.24) is 10.6 Å². The summed E-state index contributed by atoms with van der Waals surface area (Å²) in [6, 6.07) is 0.600. The predicted octanol–water partition coefficient (Wildman–Crippen LogP) is 4.26. The van der Waals surface area contributed by atoms with Crippen LogP contribution in [-0.2, 0) is 4.74 Å². The lowest BCUT2D eigenvalue weighted by Gasteiger charge is -2.30. The Morgan fingerprint density at radius 3 is 2.67 bits per heavy atom. The van der Waals surface area contributed by atoms with E-state index in [-0.39, 0.29) is 24.0 Å². The molecule has 0 atom stereocenters. The molecule has 1 heterocycles. The van der Waals surface area contributed by atoms with Crippen LogP contribution in [0.4, 0.5) is 0 Å². The van der Waals surface area contributed by atoms with E-state index < -0.39 is 0 Å². The first-order valence-corrected chi connectivity index (χ1v) is 9.62. The van der Waals surface area contributed by atoms with Gasteiger partial charge in [0.05, 0.1) is 13.2 Å². The molecule has 0 saturated heterocycles. The van der Waals surface area contributed by atoms with E-state index in [9.17, 15) is 0 Å². The van der Waals surface area contributed by atoms with Crippen LogP contribution in [0.5, 0.6) is 0 Å². The Morgan fingerprint density at radius 1 is 1.25 bits per heavy atom. The molecule has 0 bridgehead atoms. The summed E-state index contributed by atoms with van der Waals surface area (Å²) in [5.41, 5.74) is 1.50. The lowest BCUT2D eigenvalue weighted by molar-refractivity contribution is 0.153. The summed E-state index contributed by atoms with van der Waals surface area (Å²) in [4.78, 5) is 4.77. The van der Waals surface area contributed by atoms with E-state index in [1.807, 2.05) is 0 Å². The quantitative estimate of drug-likeness (QED) is 0.264. The molecular weight excluding hydrogens is 413 g/mol. The van der Waals surface area contributed by atoms with Gasteiger partial charge in [-0.1, -0.05) is 31.4 Å². The first kappa shape index (κ1) is 21.7. The third-order valence-corrected chi connectivity index (χ3v) is 4.99. The zero-order valence-corrected chi connectivity index (χ0v) is 17.8. The van der Waals surface area contributed by atoms with Crippen LogP contribution >= 0.6 is 24.0 Å². The van der Waals surface area contributed by atoms with Gasteiger partial charge in [0.15, 0.2) is 5.96 Å². The van der Waals surface area contributed by atoms with Crippen LogP contribution in [0.15, 0.2) is 16.6 Å². The molecular formula is C19H36IN3O. The summed E-state index contributed by atoms with van der Waals surface area (Å²) in [5.74, 6) is 1.96. The van der Waals surface area contributed by atoms with Crippen molar-refractivity contribution in [1.29, 1.82) is 0 Å². The maximum atomic E-state index is 5.36. The van der Waals surface area contributed by atoms with Crippen molar-refractivity contribution < 1.29 is 4.74 Å². The van der Waals surface area contributed by atoms with Crippen molar-refractivity contribution in [3.8, 4) is 0 Å². The zero-order valence-electron chi connectivity index (χ0n) is 15.5. The van der Waals surface area contributed by atoms with Crippen LogP contribution in [0.2, 0.25) is 0 Å². The van der Waals surface area contributed by atoms with Gasteiger partial charge in [-0.25, -0.2) is 0 Å². The molecule has 1 fully saturated rings. The molecule has 2 aliphatic rings. The minimum atomic E-state index is 0. The van der Waals surface area contributed by atoms with Gasteiger partial charge in [0.1, 0.15) is 0 Å². The maximum Gasteiger partial charge on any atom is 0.191 e. The van der Waals surface area contributed by atoms with Crippen molar-refractivity contribution in [2.24, 2.45) is 10.9 Å². The molecule has 2 rings (SSSR count). The van der Waals surface area contributed by atoms with Crippen LogP contribution in [0.25, 0.3) is 0 Å². The molecule has 0 spiro atoms. The fourth-order valence-electron chi connectivity index (χ4n) is 3.62. The molecule has 0 aromatic carbocycles. The third kappa shape index (κ3) is 8.19. The number of hydrogen-bond acceptors (Lipinski definition) is 2. The van der Waals surface area contributed by atoms with Crippen LogP contribution < -0.4 is 10.6 Å². The van der Waals surface area contributed by atoms with E-state index in [1.165, 1.54) is 44.1 Å². The molecule has 0 unspecified atom stereocenters. The summed E-state index contributed by atoms with van der Waals surface area (Å²) in [6.45, 7) is 7.87. The third-order valence-electron chi connectivity index (χ3n) is 4.99. The summed E-state index contributed by atoms with van der Waals surface area (Å²) >= 11 is 0. The average molecular weight is 449 g/mol. The van der Waals surface area contributed by atoms with Crippen molar-refractivity contribution in [3.05, 3.63) is 11.6 Å². The SMILES string of the molecule is CCCC1CCC(NC(=NCCC2=CCOCC2)NCC)CC1.I. The lowest BCUT2D eigenvalue weighted by atomic mass is 9.83. The van der Waals surface area contributed by atoms with Crippen LogP contribution in [0.3, 0.4) is 0 Å². The van der Waals surface area contributed by atoms with Gasteiger partial charge in [0.2, 0.25) is 0 Å². The Balaban J connectivity index is 0.00000288. The highest BCUT2D eigenvalue weighted by Crippen LogP contribution is 2.27. The second-order valence-corrected chi connectivity index (χ2v) is 6.85. The van der Waals surface area contributed by atoms with E-state index in [0.717, 1.165) is 51.0 Å². The largest absolute Gasteiger partial charge is 0.377 e. The van der Waals surface area contributed by atoms with Crippen LogP contribution in [0, 0.1) is 5.92 Å². The van der Waals surface area contributed by atoms with Gasteiger partial charge in [0, 0.05) is 19.1 Å². The van der Waals surface area contributed by atoms with Crippen molar-refractivity contribution in [2.45, 2.75) is 71.3 Å². The van der Waals surface area contributed by atoms with Gasteiger partial charge in [-0.2, -0.15) is 0 Å². The number of hydrogen-bond donors (Lipinski definition) is 2. The summed E-state index contributed by atoms with van der Waals surface area (Å²) in [7, 11) is 0. The highest BCUT2D eigenvalue weighted by molar-refractivity contribution is 14.0. The molecule has 24 heavy (non-hydrogen) atoms. The Kier molecular flexibility index (Phi) is 11.8. The lowest BCUT2D eigenvalue weighted by Crippen LogP contribution is -2.45. The van der Waals surface area contributed by atoms with Gasteiger partial charge in [-0.3, -0.25) is 4.99 Å². The first-order valence-electron chi connectivity index (χ1n) is 9.62. The van der Waals surface area contributed by atoms with Crippen molar-refractivity contribution >= 4 is 29.9 Å². The topological polar surface area (TPSA) is 45.7 Å². The molecule has 5 heteroatoms. The first-order chi connectivity index (χ1) is 11.3. The van der Waals surface area contributed by atoms with Crippen molar-refractivity contribution in [3.63, 3.8) is 0 Å². The normalized spacial score (nSPS) is 24.8. The van der Waals surface area contributed by atoms with E-state index >= 15 is 0 Å². The van der Waals surface area contributed by atoms with E-state index in [2.05, 4.69) is 30.6 Å². The Morgan fingerprint density at radius 2 is 2.04 bits per heavy atom. The van der Waals surface area contributed by atoms with Gasteiger partial charge in [-0.15, -0.1) is 24.0 Å². The van der Waals surface area contributed by atoms with Gasteiger partial charge >= 0.3 is 0 Å². The summed E-state index contributed by atoms with van der Waals surface area (Å²) in [5, 5.41) is 7.05. The maximum absolute atomic E-state index is 5.36. The number of guanidine groups is 1. The second-order valence-electron chi connectivity index (χ2n) is 6.85. The minimum absolute atomic E-state index is 0. The second kappa shape index (κ2) is 13.0. The standard InChI is InChI=1S/C19H35N3O.HI/c1-3-5-16-6-8-18(9-7-16)22-19(20-4-2)21-13-10-17-11-14-23-15-12-17;/h11,16,18H,3-10,12-15H2,1-2H3,(H2,20,21,22);1H. The van der Waals surface area contributed by atoms with Gasteiger partial charge < -0.3 is 15.4 Å². The molecule has 0 aromatic rings. The number of nitrogens with one attached hydrogen (secondary N) is 2. The van der Waals surface area contributed by atoms with E-state index in [1.54, 1.807) is 0 Å². The number of aliphatic imine (C=N–C) groups is 1. The Labute approximate surface area is 165 Å². The fraction of sp³-hybridized carbons (Fsp3) is 0.842. The Bertz CT molecular complexity index is 390. The molecule has 4 nitrogen and oxygen atoms in total. The van der Waals surface area contributed by atoms with Gasteiger partial charge in [0.25, 0.3) is 0 Å². The molecule has 0 amide bonds. The average Bonchev–Trinajstić information content (AvgIpc) is 2.58. The molecule has 0 radical (unpaired) electrons. The number of halogens is 1. The Hall–Kier alpha value is -0.300. The highest BCUT2D eigenvalue weighted by Gasteiger charge is 2.21. The van der Waals surface area contributed by atoms with Gasteiger partial charge in [-0.05, 0) is 51.4 Å². The zero-order chi connectivity index (χ0) is 16.3. The van der Waals surface area contributed by atoms with Crippen LogP contribution in [0.1, 0.15) is 65.2 Å². The number of nitrogens with zero attached hydrogens (tertiary/aromatic N) is 1. The summed E-state index contributed by atoms with van der Waals surface area (Å²) < 4.78 is 5.36. The van der Waals surface area contributed by atoms with E-state index in [0.29, 0.717) is 6.04 Å².